The van der Waals surface area contributed by atoms with Crippen LogP contribution in [0.4, 0.5) is 0 Å². The van der Waals surface area contributed by atoms with Crippen LogP contribution in [0, 0.1) is 0 Å². The molecule has 0 radical (unpaired) electrons. The molecule has 0 aromatic carbocycles. The first-order valence-corrected chi connectivity index (χ1v) is 6.63. The van der Waals surface area contributed by atoms with Crippen LogP contribution in [0.15, 0.2) is 10.6 Å². The summed E-state index contributed by atoms with van der Waals surface area (Å²) >= 11 is 0. The summed E-state index contributed by atoms with van der Waals surface area (Å²) in [5.74, 6) is -1.46. The molecule has 0 saturated carbocycles. The van der Waals surface area contributed by atoms with Crippen molar-refractivity contribution < 1.29 is 22.7 Å². The van der Waals surface area contributed by atoms with Crippen LogP contribution in [0.3, 0.4) is 0 Å². The molecule has 2 rings (SSSR count). The van der Waals surface area contributed by atoms with Crippen LogP contribution in [-0.4, -0.2) is 30.2 Å². The Morgan fingerprint density at radius 3 is 2.81 bits per heavy atom. The lowest BCUT2D eigenvalue weighted by Gasteiger charge is -2.18. The molecular weight excluding hydrogens is 234 g/mol. The highest BCUT2D eigenvalue weighted by Crippen LogP contribution is 2.32. The second-order valence-electron chi connectivity index (χ2n) is 3.72. The number of rotatable bonds is 2. The number of oxazole rings is 1. The number of carbonyl (C=O) groups is 1. The Bertz CT molecular complexity index is 504. The molecule has 2 heterocycles. The van der Waals surface area contributed by atoms with Crippen molar-refractivity contribution in [2.45, 2.75) is 24.5 Å². The van der Waals surface area contributed by atoms with Gasteiger partial charge in [0.15, 0.2) is 9.84 Å². The van der Waals surface area contributed by atoms with Gasteiger partial charge in [0, 0.05) is 0 Å². The van der Waals surface area contributed by atoms with E-state index in [0.717, 1.165) is 12.6 Å². The molecular formula is C9H11NO5S. The second kappa shape index (κ2) is 3.89. The van der Waals surface area contributed by atoms with Crippen LogP contribution >= 0.6 is 0 Å². The van der Waals surface area contributed by atoms with Crippen molar-refractivity contribution in [3.05, 3.63) is 17.8 Å². The predicted molar refractivity (Wildman–Crippen MR) is 53.8 cm³/mol. The molecule has 0 bridgehead atoms. The van der Waals surface area contributed by atoms with Crippen molar-refractivity contribution in [3.63, 3.8) is 0 Å². The quantitative estimate of drug-likeness (QED) is 0.835. The van der Waals surface area contributed by atoms with Gasteiger partial charge in [0.1, 0.15) is 5.25 Å². The van der Waals surface area contributed by atoms with Gasteiger partial charge >= 0.3 is 5.97 Å². The zero-order valence-electron chi connectivity index (χ0n) is 8.42. The van der Waals surface area contributed by atoms with Gasteiger partial charge in [-0.2, -0.15) is 0 Å². The maximum absolute atomic E-state index is 11.7. The van der Waals surface area contributed by atoms with Crippen molar-refractivity contribution in [1.82, 2.24) is 4.98 Å². The zero-order valence-corrected chi connectivity index (χ0v) is 9.24. The molecule has 16 heavy (non-hydrogen) atoms. The average molecular weight is 245 g/mol. The fourth-order valence-electron chi connectivity index (χ4n) is 1.77. The first-order chi connectivity index (χ1) is 7.50. The van der Waals surface area contributed by atoms with E-state index in [0.29, 0.717) is 12.8 Å². The third-order valence-electron chi connectivity index (χ3n) is 2.59. The fraction of sp³-hybridized carbons (Fsp3) is 0.556. The Morgan fingerprint density at radius 2 is 2.25 bits per heavy atom. The topological polar surface area (TPSA) is 97.5 Å². The number of sulfone groups is 1. The molecule has 0 aliphatic carbocycles. The number of hydrogen-bond acceptors (Lipinski definition) is 5. The molecule has 0 spiro atoms. The monoisotopic (exact) mass is 245 g/mol. The minimum Gasteiger partial charge on any atom is -0.475 e. The van der Waals surface area contributed by atoms with Crippen molar-refractivity contribution in [1.29, 1.82) is 0 Å². The molecule has 1 aliphatic rings. The maximum atomic E-state index is 11.7. The Kier molecular flexibility index (Phi) is 2.71. The van der Waals surface area contributed by atoms with Crippen molar-refractivity contribution >= 4 is 15.8 Å². The van der Waals surface area contributed by atoms with Gasteiger partial charge in [-0.15, -0.1) is 0 Å². The minimum atomic E-state index is -3.24. The SMILES string of the molecule is O=C(O)c1cnc(C2CCCCS2(=O)=O)o1. The third kappa shape index (κ3) is 1.95. The highest BCUT2D eigenvalue weighted by Gasteiger charge is 2.34. The Morgan fingerprint density at radius 1 is 1.50 bits per heavy atom. The Balaban J connectivity index is 2.32. The Labute approximate surface area is 92.2 Å². The van der Waals surface area contributed by atoms with Gasteiger partial charge in [0.25, 0.3) is 0 Å². The number of aromatic nitrogens is 1. The lowest BCUT2D eigenvalue weighted by molar-refractivity contribution is 0.0660. The molecule has 6 nitrogen and oxygen atoms in total. The molecule has 1 unspecified atom stereocenters. The van der Waals surface area contributed by atoms with Crippen LogP contribution in [0.5, 0.6) is 0 Å². The molecule has 1 aliphatic heterocycles. The van der Waals surface area contributed by atoms with Crippen LogP contribution < -0.4 is 0 Å². The first kappa shape index (κ1) is 11.1. The van der Waals surface area contributed by atoms with Gasteiger partial charge < -0.3 is 9.52 Å². The summed E-state index contributed by atoms with van der Waals surface area (Å²) in [5.41, 5.74) is 0. The molecule has 88 valence electrons. The molecule has 1 aromatic rings. The molecule has 1 atom stereocenters. The minimum absolute atomic E-state index is 0.00269. The van der Waals surface area contributed by atoms with E-state index in [4.69, 9.17) is 9.52 Å². The van der Waals surface area contributed by atoms with E-state index in [1.54, 1.807) is 0 Å². The summed E-state index contributed by atoms with van der Waals surface area (Å²) in [6.45, 7) is 0. The predicted octanol–water partition coefficient (Wildman–Crippen LogP) is 1.01. The molecule has 1 saturated heterocycles. The molecule has 1 aromatic heterocycles. The highest BCUT2D eigenvalue weighted by molar-refractivity contribution is 7.91. The van der Waals surface area contributed by atoms with Crippen molar-refractivity contribution in [2.75, 3.05) is 5.75 Å². The largest absolute Gasteiger partial charge is 0.475 e. The number of aromatic carboxylic acids is 1. The highest BCUT2D eigenvalue weighted by atomic mass is 32.2. The molecule has 1 N–H and O–H groups in total. The van der Waals surface area contributed by atoms with Gasteiger partial charge in [-0.05, 0) is 12.8 Å². The van der Waals surface area contributed by atoms with E-state index >= 15 is 0 Å². The summed E-state index contributed by atoms with van der Waals surface area (Å²) in [4.78, 5) is 14.3. The van der Waals surface area contributed by atoms with Crippen LogP contribution in [0.25, 0.3) is 0 Å². The van der Waals surface area contributed by atoms with Crippen molar-refractivity contribution in [2.24, 2.45) is 0 Å². The van der Waals surface area contributed by atoms with E-state index in [-0.39, 0.29) is 17.4 Å². The fourth-order valence-corrected chi connectivity index (χ4v) is 3.60. The van der Waals surface area contributed by atoms with E-state index in [1.165, 1.54) is 0 Å². The van der Waals surface area contributed by atoms with Gasteiger partial charge in [-0.1, -0.05) is 6.42 Å². The number of hydrogen-bond donors (Lipinski definition) is 1. The van der Waals surface area contributed by atoms with Gasteiger partial charge in [0.05, 0.1) is 11.9 Å². The standard InChI is InChI=1S/C9H11NO5S/c11-9(12)6-5-10-8(15-6)7-3-1-2-4-16(7,13)14/h5,7H,1-4H2,(H,11,12). The van der Waals surface area contributed by atoms with Crippen LogP contribution in [-0.2, 0) is 9.84 Å². The van der Waals surface area contributed by atoms with Crippen LogP contribution in [0.1, 0.15) is 41.0 Å². The maximum Gasteiger partial charge on any atom is 0.373 e. The Hall–Kier alpha value is -1.37. The first-order valence-electron chi connectivity index (χ1n) is 4.91. The molecule has 0 amide bonds. The third-order valence-corrected chi connectivity index (χ3v) is 4.75. The second-order valence-corrected chi connectivity index (χ2v) is 6.02. The van der Waals surface area contributed by atoms with Crippen LogP contribution in [0.2, 0.25) is 0 Å². The summed E-state index contributed by atoms with van der Waals surface area (Å²) in [5, 5.41) is 7.86. The van der Waals surface area contributed by atoms with Gasteiger partial charge in [-0.3, -0.25) is 0 Å². The van der Waals surface area contributed by atoms with Crippen molar-refractivity contribution in [3.8, 4) is 0 Å². The smallest absolute Gasteiger partial charge is 0.373 e. The van der Waals surface area contributed by atoms with E-state index in [2.05, 4.69) is 4.98 Å². The zero-order chi connectivity index (χ0) is 11.8. The summed E-state index contributed by atoms with van der Waals surface area (Å²) < 4.78 is 28.4. The van der Waals surface area contributed by atoms with E-state index < -0.39 is 21.1 Å². The lowest BCUT2D eigenvalue weighted by Crippen LogP contribution is -2.21. The molecule has 7 heteroatoms. The number of nitrogens with zero attached hydrogens (tertiary/aromatic N) is 1. The van der Waals surface area contributed by atoms with Gasteiger partial charge in [0.2, 0.25) is 11.7 Å². The van der Waals surface area contributed by atoms with Gasteiger partial charge in [-0.25, -0.2) is 18.2 Å². The number of carboxylic acid groups (broad SMARTS) is 1. The normalized spacial score (nSPS) is 24.1. The number of carboxylic acids is 1. The average Bonchev–Trinajstić information content (AvgIpc) is 2.65. The lowest BCUT2D eigenvalue weighted by atomic mass is 10.2. The summed E-state index contributed by atoms with van der Waals surface area (Å²) in [7, 11) is -3.24. The van der Waals surface area contributed by atoms with E-state index in [1.807, 2.05) is 0 Å². The summed E-state index contributed by atoms with van der Waals surface area (Å²) in [6, 6.07) is 0. The molecule has 1 fully saturated rings. The summed E-state index contributed by atoms with van der Waals surface area (Å²) in [6.07, 6.45) is 2.92. The van der Waals surface area contributed by atoms with E-state index in [9.17, 15) is 13.2 Å².